The molecule has 1 atom stereocenters. The molecule has 0 unspecified atom stereocenters. The molecule has 34 heavy (non-hydrogen) atoms. The van der Waals surface area contributed by atoms with E-state index in [1.54, 1.807) is 6.07 Å². The zero-order valence-corrected chi connectivity index (χ0v) is 20.0. The number of rotatable bonds is 9. The number of hydrogen-bond acceptors (Lipinski definition) is 5. The van der Waals surface area contributed by atoms with Crippen molar-refractivity contribution in [2.45, 2.75) is 51.1 Å². The number of amides is 3. The average molecular weight is 480 g/mol. The van der Waals surface area contributed by atoms with Crippen molar-refractivity contribution in [2.75, 3.05) is 11.4 Å². The minimum absolute atomic E-state index is 0.118. The molecular formula is C26H29N3O4S. The van der Waals surface area contributed by atoms with Crippen molar-refractivity contribution >= 4 is 34.7 Å². The van der Waals surface area contributed by atoms with Crippen molar-refractivity contribution in [3.05, 3.63) is 76.4 Å². The Kier molecular flexibility index (Phi) is 7.80. The molecule has 2 heterocycles. The fourth-order valence-corrected chi connectivity index (χ4v) is 5.18. The second-order valence-corrected chi connectivity index (χ2v) is 9.29. The summed E-state index contributed by atoms with van der Waals surface area (Å²) < 4.78 is 5.13. The van der Waals surface area contributed by atoms with Crippen LogP contribution < -0.4 is 15.5 Å². The summed E-state index contributed by atoms with van der Waals surface area (Å²) in [6.45, 7) is 1.75. The standard InChI is InChI=1S/C26H29N3O4S/c1-2-18-9-3-6-12-20(18)29(23(30)17-27-25(31)21-13-7-15-33-21)24(22-14-8-16-34-22)26(32)28-19-10-4-5-11-19/h3,6-9,12-16,19,24H,2,4-5,10-11,17H2,1H3,(H,27,31)(H,28,32)/t24-/m1/s1. The van der Waals surface area contributed by atoms with Crippen LogP contribution in [0.2, 0.25) is 0 Å². The number of carbonyl (C=O) groups is 3. The Labute approximate surface area is 203 Å². The van der Waals surface area contributed by atoms with Crippen LogP contribution in [0, 0.1) is 0 Å². The number of nitrogens with zero attached hydrogens (tertiary/aromatic N) is 1. The molecule has 0 bridgehead atoms. The lowest BCUT2D eigenvalue weighted by Crippen LogP contribution is -2.49. The van der Waals surface area contributed by atoms with E-state index in [1.807, 2.05) is 48.7 Å². The van der Waals surface area contributed by atoms with Gasteiger partial charge in [-0.2, -0.15) is 0 Å². The molecule has 1 fully saturated rings. The average Bonchev–Trinajstić information content (AvgIpc) is 3.64. The maximum absolute atomic E-state index is 13.7. The van der Waals surface area contributed by atoms with Crippen molar-refractivity contribution in [3.63, 3.8) is 0 Å². The van der Waals surface area contributed by atoms with Gasteiger partial charge in [-0.3, -0.25) is 19.3 Å². The van der Waals surface area contributed by atoms with E-state index >= 15 is 0 Å². The van der Waals surface area contributed by atoms with Crippen molar-refractivity contribution in [1.29, 1.82) is 0 Å². The number of carbonyl (C=O) groups excluding carboxylic acids is 3. The lowest BCUT2D eigenvalue weighted by molar-refractivity contribution is -0.126. The normalized spacial score (nSPS) is 14.5. The number of benzene rings is 1. The van der Waals surface area contributed by atoms with E-state index in [0.29, 0.717) is 12.1 Å². The molecular weight excluding hydrogens is 450 g/mol. The molecule has 1 saturated carbocycles. The summed E-state index contributed by atoms with van der Waals surface area (Å²) in [7, 11) is 0. The molecule has 0 saturated heterocycles. The van der Waals surface area contributed by atoms with Crippen LogP contribution in [0.4, 0.5) is 5.69 Å². The Balaban J connectivity index is 1.67. The smallest absolute Gasteiger partial charge is 0.287 e. The molecule has 0 radical (unpaired) electrons. The van der Waals surface area contributed by atoms with E-state index in [1.165, 1.54) is 28.6 Å². The van der Waals surface area contributed by atoms with E-state index in [2.05, 4.69) is 10.6 Å². The van der Waals surface area contributed by atoms with Gasteiger partial charge in [0.2, 0.25) is 11.8 Å². The third kappa shape index (κ3) is 5.39. The van der Waals surface area contributed by atoms with Gasteiger partial charge in [0.15, 0.2) is 5.76 Å². The molecule has 1 aliphatic rings. The topological polar surface area (TPSA) is 91.7 Å². The van der Waals surface area contributed by atoms with Gasteiger partial charge in [0.25, 0.3) is 5.91 Å². The van der Waals surface area contributed by atoms with Gasteiger partial charge in [0.1, 0.15) is 6.04 Å². The van der Waals surface area contributed by atoms with E-state index in [9.17, 15) is 14.4 Å². The summed E-state index contributed by atoms with van der Waals surface area (Å²) in [6.07, 6.45) is 6.17. The fourth-order valence-electron chi connectivity index (χ4n) is 4.37. The molecule has 1 aromatic carbocycles. The number of aryl methyl sites for hydroxylation is 1. The van der Waals surface area contributed by atoms with E-state index in [4.69, 9.17) is 4.42 Å². The molecule has 2 N–H and O–H groups in total. The Hall–Kier alpha value is -3.39. The molecule has 0 aliphatic heterocycles. The predicted octanol–water partition coefficient (Wildman–Crippen LogP) is 4.47. The highest BCUT2D eigenvalue weighted by atomic mass is 32.1. The molecule has 8 heteroatoms. The van der Waals surface area contributed by atoms with Crippen LogP contribution in [0.15, 0.2) is 64.6 Å². The van der Waals surface area contributed by atoms with E-state index in [0.717, 1.165) is 36.1 Å². The van der Waals surface area contributed by atoms with Gasteiger partial charge in [-0.05, 0) is 54.5 Å². The molecule has 3 aromatic rings. The highest BCUT2D eigenvalue weighted by molar-refractivity contribution is 7.10. The molecule has 7 nitrogen and oxygen atoms in total. The van der Waals surface area contributed by atoms with Gasteiger partial charge in [0, 0.05) is 16.6 Å². The highest BCUT2D eigenvalue weighted by Gasteiger charge is 2.35. The van der Waals surface area contributed by atoms with Gasteiger partial charge < -0.3 is 15.1 Å². The third-order valence-electron chi connectivity index (χ3n) is 6.07. The first-order valence-corrected chi connectivity index (χ1v) is 12.5. The largest absolute Gasteiger partial charge is 0.459 e. The molecule has 1 aliphatic carbocycles. The Bertz CT molecular complexity index is 1110. The molecule has 4 rings (SSSR count). The third-order valence-corrected chi connectivity index (χ3v) is 6.99. The Morgan fingerprint density at radius 1 is 1.09 bits per heavy atom. The fraction of sp³-hybridized carbons (Fsp3) is 0.346. The lowest BCUT2D eigenvalue weighted by atomic mass is 10.1. The number of nitrogens with one attached hydrogen (secondary N) is 2. The quantitative estimate of drug-likeness (QED) is 0.474. The Morgan fingerprint density at radius 3 is 2.56 bits per heavy atom. The number of para-hydroxylation sites is 1. The zero-order chi connectivity index (χ0) is 23.9. The summed E-state index contributed by atoms with van der Waals surface area (Å²) in [6, 6.07) is 13.8. The van der Waals surface area contributed by atoms with E-state index in [-0.39, 0.29) is 30.2 Å². The minimum atomic E-state index is -0.832. The van der Waals surface area contributed by atoms with Crippen molar-refractivity contribution < 1.29 is 18.8 Å². The summed E-state index contributed by atoms with van der Waals surface area (Å²) in [4.78, 5) is 42.0. The van der Waals surface area contributed by atoms with Crippen LogP contribution in [0.25, 0.3) is 0 Å². The van der Waals surface area contributed by atoms with Crippen LogP contribution >= 0.6 is 11.3 Å². The monoisotopic (exact) mass is 479 g/mol. The van der Waals surface area contributed by atoms with Crippen LogP contribution in [0.3, 0.4) is 0 Å². The van der Waals surface area contributed by atoms with Crippen molar-refractivity contribution in [2.24, 2.45) is 0 Å². The molecule has 2 aromatic heterocycles. The van der Waals surface area contributed by atoms with Crippen LogP contribution in [0.1, 0.15) is 59.6 Å². The summed E-state index contributed by atoms with van der Waals surface area (Å²) >= 11 is 1.44. The SMILES string of the molecule is CCc1ccccc1N(C(=O)CNC(=O)c1ccco1)[C@@H](C(=O)NC1CCCC1)c1cccs1. The molecule has 0 spiro atoms. The van der Waals surface area contributed by atoms with Gasteiger partial charge in [-0.15, -0.1) is 11.3 Å². The van der Waals surface area contributed by atoms with Crippen molar-refractivity contribution in [3.8, 4) is 0 Å². The summed E-state index contributed by atoms with van der Waals surface area (Å²) in [5.41, 5.74) is 1.62. The van der Waals surface area contributed by atoms with Crippen molar-refractivity contribution in [1.82, 2.24) is 10.6 Å². The first kappa shape index (κ1) is 23.8. The molecule has 178 valence electrons. The predicted molar refractivity (Wildman–Crippen MR) is 132 cm³/mol. The Morgan fingerprint density at radius 2 is 1.88 bits per heavy atom. The minimum Gasteiger partial charge on any atom is -0.459 e. The second-order valence-electron chi connectivity index (χ2n) is 8.31. The first-order chi connectivity index (χ1) is 16.6. The van der Waals surface area contributed by atoms with Crippen LogP contribution in [-0.4, -0.2) is 30.3 Å². The summed E-state index contributed by atoms with van der Waals surface area (Å²) in [5, 5.41) is 7.70. The summed E-state index contributed by atoms with van der Waals surface area (Å²) in [5.74, 6) is -0.931. The molecule has 3 amide bonds. The number of hydrogen-bond donors (Lipinski definition) is 2. The van der Waals surface area contributed by atoms with E-state index < -0.39 is 11.9 Å². The van der Waals surface area contributed by atoms with Gasteiger partial charge in [-0.25, -0.2) is 0 Å². The first-order valence-electron chi connectivity index (χ1n) is 11.6. The lowest BCUT2D eigenvalue weighted by Gasteiger charge is -2.33. The van der Waals surface area contributed by atoms with Crippen LogP contribution in [-0.2, 0) is 16.0 Å². The van der Waals surface area contributed by atoms with Gasteiger partial charge >= 0.3 is 0 Å². The number of furan rings is 1. The highest BCUT2D eigenvalue weighted by Crippen LogP contribution is 2.33. The number of anilines is 1. The maximum atomic E-state index is 13.7. The van der Waals surface area contributed by atoms with Crippen LogP contribution in [0.5, 0.6) is 0 Å². The zero-order valence-electron chi connectivity index (χ0n) is 19.2. The number of thiophene rings is 1. The van der Waals surface area contributed by atoms with Gasteiger partial charge in [0.05, 0.1) is 12.8 Å². The van der Waals surface area contributed by atoms with Gasteiger partial charge in [-0.1, -0.05) is 44.0 Å². The maximum Gasteiger partial charge on any atom is 0.287 e. The second kappa shape index (κ2) is 11.2.